The van der Waals surface area contributed by atoms with Crippen molar-refractivity contribution in [3.63, 3.8) is 0 Å². The first kappa shape index (κ1) is 18.4. The highest BCUT2D eigenvalue weighted by Crippen LogP contribution is 2.15. The number of aliphatic imine (C=N–C) groups is 1. The second kappa shape index (κ2) is 10.7. The molecule has 2 aromatic rings. The van der Waals surface area contributed by atoms with Crippen molar-refractivity contribution >= 4 is 17.6 Å². The predicted molar refractivity (Wildman–Crippen MR) is 97.3 cm³/mol. The van der Waals surface area contributed by atoms with E-state index in [0.29, 0.717) is 19.8 Å². The summed E-state index contributed by atoms with van der Waals surface area (Å²) in [5.74, 6) is 1.63. The summed E-state index contributed by atoms with van der Waals surface area (Å²) in [6.07, 6.45) is 2.54. The fourth-order valence-corrected chi connectivity index (χ4v) is 2.28. The Morgan fingerprint density at radius 1 is 1.21 bits per heavy atom. The van der Waals surface area contributed by atoms with Gasteiger partial charge in [0.05, 0.1) is 12.8 Å². The summed E-state index contributed by atoms with van der Waals surface area (Å²) in [6, 6.07) is 11.5. The molecule has 1 aromatic heterocycles. The molecule has 0 aliphatic rings. The first-order valence-corrected chi connectivity index (χ1v) is 8.53. The molecule has 2 rings (SSSR count). The van der Waals surface area contributed by atoms with E-state index >= 15 is 0 Å². The predicted octanol–water partition coefficient (Wildman–Crippen LogP) is 3.60. The second-order valence-electron chi connectivity index (χ2n) is 5.20. The lowest BCUT2D eigenvalue weighted by molar-refractivity contribution is 0.105. The number of hydrogen-bond donors (Lipinski definition) is 2. The number of nitrogens with one attached hydrogen (secondary N) is 2. The largest absolute Gasteiger partial charge is 0.467 e. The van der Waals surface area contributed by atoms with Crippen molar-refractivity contribution in [1.82, 2.24) is 10.6 Å². The van der Waals surface area contributed by atoms with Crippen molar-refractivity contribution in [3.8, 4) is 0 Å². The maximum Gasteiger partial charge on any atom is 0.191 e. The molecule has 0 radical (unpaired) electrons. The minimum absolute atomic E-state index is 0.508. The summed E-state index contributed by atoms with van der Waals surface area (Å²) >= 11 is 6.15. The van der Waals surface area contributed by atoms with Crippen LogP contribution in [0, 0.1) is 0 Å². The number of halogens is 1. The number of furan rings is 1. The van der Waals surface area contributed by atoms with Gasteiger partial charge in [0.1, 0.15) is 12.4 Å². The molecule has 0 saturated heterocycles. The zero-order valence-corrected chi connectivity index (χ0v) is 14.7. The summed E-state index contributed by atoms with van der Waals surface area (Å²) in [5, 5.41) is 7.26. The summed E-state index contributed by atoms with van der Waals surface area (Å²) in [5.41, 5.74) is 1.01. The second-order valence-corrected chi connectivity index (χ2v) is 5.61. The van der Waals surface area contributed by atoms with E-state index in [1.165, 1.54) is 0 Å². The normalized spacial score (nSPS) is 11.5. The molecule has 0 fully saturated rings. The summed E-state index contributed by atoms with van der Waals surface area (Å²) in [7, 11) is 0. The molecule has 0 bridgehead atoms. The van der Waals surface area contributed by atoms with Crippen LogP contribution in [0.2, 0.25) is 5.02 Å². The molecule has 5 nitrogen and oxygen atoms in total. The Kier molecular flexibility index (Phi) is 8.21. The number of guanidine groups is 1. The third-order valence-corrected chi connectivity index (χ3v) is 3.66. The Morgan fingerprint density at radius 3 is 2.83 bits per heavy atom. The fraction of sp³-hybridized carbons (Fsp3) is 0.389. The van der Waals surface area contributed by atoms with Gasteiger partial charge in [-0.1, -0.05) is 29.8 Å². The van der Waals surface area contributed by atoms with Crippen LogP contribution in [0.5, 0.6) is 0 Å². The molecule has 2 N–H and O–H groups in total. The molecule has 0 spiro atoms. The number of ether oxygens (including phenoxy) is 1. The van der Waals surface area contributed by atoms with Crippen molar-refractivity contribution in [1.29, 1.82) is 0 Å². The van der Waals surface area contributed by atoms with Crippen molar-refractivity contribution in [2.45, 2.75) is 26.5 Å². The average molecular weight is 350 g/mol. The van der Waals surface area contributed by atoms with Gasteiger partial charge in [-0.25, -0.2) is 4.99 Å². The van der Waals surface area contributed by atoms with Gasteiger partial charge < -0.3 is 19.8 Å². The van der Waals surface area contributed by atoms with Crippen molar-refractivity contribution in [3.05, 3.63) is 59.0 Å². The van der Waals surface area contributed by atoms with Crippen LogP contribution in [0.25, 0.3) is 0 Å². The van der Waals surface area contributed by atoms with Crippen LogP contribution >= 0.6 is 11.6 Å². The van der Waals surface area contributed by atoms with Crippen LogP contribution in [-0.2, 0) is 17.9 Å². The maximum absolute atomic E-state index is 6.15. The molecular formula is C18H24ClN3O2. The number of rotatable bonds is 9. The Bertz CT molecular complexity index is 614. The van der Waals surface area contributed by atoms with Crippen LogP contribution in [0.3, 0.4) is 0 Å². The van der Waals surface area contributed by atoms with Gasteiger partial charge in [-0.15, -0.1) is 0 Å². The number of nitrogens with zero attached hydrogens (tertiary/aromatic N) is 1. The third kappa shape index (κ3) is 6.64. The molecule has 24 heavy (non-hydrogen) atoms. The van der Waals surface area contributed by atoms with E-state index in [2.05, 4.69) is 15.6 Å². The first-order valence-electron chi connectivity index (χ1n) is 8.15. The van der Waals surface area contributed by atoms with Gasteiger partial charge in [-0.05, 0) is 37.1 Å². The lowest BCUT2D eigenvalue weighted by Crippen LogP contribution is -2.38. The highest BCUT2D eigenvalue weighted by Gasteiger charge is 2.01. The van der Waals surface area contributed by atoms with Gasteiger partial charge in [0.2, 0.25) is 0 Å². The Balaban J connectivity index is 1.68. The maximum atomic E-state index is 6.15. The van der Waals surface area contributed by atoms with Crippen LogP contribution in [0.15, 0.2) is 52.1 Å². The van der Waals surface area contributed by atoms with Crippen molar-refractivity contribution < 1.29 is 9.15 Å². The van der Waals surface area contributed by atoms with E-state index in [-0.39, 0.29) is 0 Å². The molecular weight excluding hydrogens is 326 g/mol. The third-order valence-electron chi connectivity index (χ3n) is 3.29. The van der Waals surface area contributed by atoms with Crippen LogP contribution in [-0.4, -0.2) is 25.7 Å². The van der Waals surface area contributed by atoms with Crippen LogP contribution in [0.4, 0.5) is 0 Å². The molecule has 0 atom stereocenters. The Labute approximate surface area is 148 Å². The Morgan fingerprint density at radius 2 is 2.08 bits per heavy atom. The molecule has 0 saturated carbocycles. The smallest absolute Gasteiger partial charge is 0.191 e. The van der Waals surface area contributed by atoms with Crippen LogP contribution in [0.1, 0.15) is 24.7 Å². The highest BCUT2D eigenvalue weighted by atomic mass is 35.5. The number of benzene rings is 1. The topological polar surface area (TPSA) is 58.8 Å². The average Bonchev–Trinajstić information content (AvgIpc) is 3.10. The van der Waals surface area contributed by atoms with Gasteiger partial charge in [-0.2, -0.15) is 0 Å². The Hall–Kier alpha value is -1.98. The summed E-state index contributed by atoms with van der Waals surface area (Å²) in [4.78, 5) is 4.56. The minimum Gasteiger partial charge on any atom is -0.467 e. The monoisotopic (exact) mass is 349 g/mol. The molecule has 0 aliphatic heterocycles. The highest BCUT2D eigenvalue weighted by molar-refractivity contribution is 6.31. The molecule has 6 heteroatoms. The summed E-state index contributed by atoms with van der Waals surface area (Å²) < 4.78 is 10.8. The lowest BCUT2D eigenvalue weighted by Gasteiger charge is -2.11. The SMILES string of the molecule is CCNC(=NCc1ccccc1Cl)NCCCOCc1ccco1. The van der Waals surface area contributed by atoms with Gasteiger partial charge in [-0.3, -0.25) is 0 Å². The molecule has 130 valence electrons. The molecule has 0 aliphatic carbocycles. The summed E-state index contributed by atoms with van der Waals surface area (Å²) in [6.45, 7) is 5.35. The van der Waals surface area contributed by atoms with Gasteiger partial charge in [0, 0.05) is 24.7 Å². The minimum atomic E-state index is 0.508. The molecule has 1 heterocycles. The number of hydrogen-bond acceptors (Lipinski definition) is 3. The zero-order chi connectivity index (χ0) is 17.0. The van der Waals surface area contributed by atoms with E-state index in [1.807, 2.05) is 43.3 Å². The fourth-order valence-electron chi connectivity index (χ4n) is 2.08. The van der Waals surface area contributed by atoms with E-state index in [9.17, 15) is 0 Å². The molecule has 0 unspecified atom stereocenters. The van der Waals surface area contributed by atoms with Gasteiger partial charge in [0.25, 0.3) is 0 Å². The quantitative estimate of drug-likeness (QED) is 0.412. The van der Waals surface area contributed by atoms with Crippen molar-refractivity contribution in [2.75, 3.05) is 19.7 Å². The molecule has 0 amide bonds. The van der Waals surface area contributed by atoms with E-state index in [4.69, 9.17) is 20.8 Å². The standard InChI is InChI=1S/C18H24ClN3O2/c1-2-20-18(22-13-15-7-3-4-9-17(15)19)21-10-6-11-23-14-16-8-5-12-24-16/h3-5,7-9,12H,2,6,10-11,13-14H2,1H3,(H2,20,21,22). The zero-order valence-electron chi connectivity index (χ0n) is 13.9. The van der Waals surface area contributed by atoms with Gasteiger partial charge >= 0.3 is 0 Å². The van der Waals surface area contributed by atoms with E-state index < -0.39 is 0 Å². The lowest BCUT2D eigenvalue weighted by atomic mass is 10.2. The van der Waals surface area contributed by atoms with Crippen LogP contribution < -0.4 is 10.6 Å². The van der Waals surface area contributed by atoms with Crippen molar-refractivity contribution in [2.24, 2.45) is 4.99 Å². The first-order chi connectivity index (χ1) is 11.8. The molecule has 1 aromatic carbocycles. The van der Waals surface area contributed by atoms with E-state index in [1.54, 1.807) is 6.26 Å². The van der Waals surface area contributed by atoms with E-state index in [0.717, 1.165) is 41.8 Å². The van der Waals surface area contributed by atoms with Gasteiger partial charge in [0.15, 0.2) is 5.96 Å².